The van der Waals surface area contributed by atoms with E-state index < -0.39 is 5.60 Å². The minimum atomic E-state index is -0.932. The van der Waals surface area contributed by atoms with Gasteiger partial charge in [0.05, 0.1) is 5.60 Å². The summed E-state index contributed by atoms with van der Waals surface area (Å²) < 4.78 is 13.0. The van der Waals surface area contributed by atoms with E-state index in [0.29, 0.717) is 23.5 Å². The molecule has 7 heteroatoms. The summed E-state index contributed by atoms with van der Waals surface area (Å²) in [4.78, 5) is 22.3. The smallest absolute Gasteiger partial charge is 0.182 e. The van der Waals surface area contributed by atoms with E-state index in [1.807, 2.05) is 5.38 Å². The van der Waals surface area contributed by atoms with E-state index in [9.17, 15) is 14.3 Å². The van der Waals surface area contributed by atoms with Crippen molar-refractivity contribution in [1.29, 1.82) is 0 Å². The van der Waals surface area contributed by atoms with Crippen molar-refractivity contribution >= 4 is 28.5 Å². The van der Waals surface area contributed by atoms with Crippen molar-refractivity contribution in [3.8, 4) is 10.0 Å². The maximum Gasteiger partial charge on any atom is 0.182 e. The third-order valence-corrected chi connectivity index (χ3v) is 5.69. The molecule has 0 aliphatic rings. The van der Waals surface area contributed by atoms with Gasteiger partial charge in [-0.05, 0) is 38.0 Å². The Labute approximate surface area is 159 Å². The lowest BCUT2D eigenvalue weighted by Crippen LogP contribution is -2.22. The van der Waals surface area contributed by atoms with E-state index in [0.717, 1.165) is 15.4 Å². The quantitative estimate of drug-likeness (QED) is 0.602. The molecule has 26 heavy (non-hydrogen) atoms. The molecule has 0 unspecified atom stereocenters. The van der Waals surface area contributed by atoms with Crippen molar-refractivity contribution in [3.05, 3.63) is 57.8 Å². The van der Waals surface area contributed by atoms with Gasteiger partial charge in [0, 0.05) is 29.3 Å². The average molecular weight is 391 g/mol. The third kappa shape index (κ3) is 4.81. The molecule has 0 saturated carbocycles. The van der Waals surface area contributed by atoms with Crippen LogP contribution in [-0.4, -0.2) is 26.5 Å². The van der Waals surface area contributed by atoms with E-state index in [2.05, 4.69) is 9.97 Å². The zero-order valence-corrected chi connectivity index (χ0v) is 16.2. The number of aliphatic hydroxyl groups is 1. The maximum absolute atomic E-state index is 13.0. The first-order valence-electron chi connectivity index (χ1n) is 8.21. The molecule has 0 bridgehead atoms. The Kier molecular flexibility index (Phi) is 5.60. The van der Waals surface area contributed by atoms with Crippen molar-refractivity contribution in [1.82, 2.24) is 9.97 Å². The molecule has 2 aromatic heterocycles. The molecule has 0 fully saturated rings. The van der Waals surface area contributed by atoms with Gasteiger partial charge in [-0.25, -0.2) is 14.4 Å². The molecule has 3 rings (SSSR count). The summed E-state index contributed by atoms with van der Waals surface area (Å²) in [6.07, 6.45) is 2.86. The van der Waals surface area contributed by atoms with Crippen molar-refractivity contribution < 1.29 is 14.3 Å². The molecular weight excluding hydrogens is 371 g/mol. The Morgan fingerprint density at radius 3 is 2.58 bits per heavy atom. The molecule has 136 valence electrons. The van der Waals surface area contributed by atoms with Crippen LogP contribution in [0.15, 0.2) is 35.8 Å². The van der Waals surface area contributed by atoms with Crippen LogP contribution in [0.1, 0.15) is 41.2 Å². The molecule has 0 amide bonds. The fourth-order valence-electron chi connectivity index (χ4n) is 2.53. The van der Waals surface area contributed by atoms with Gasteiger partial charge < -0.3 is 5.11 Å². The van der Waals surface area contributed by atoms with Crippen molar-refractivity contribution in [3.63, 3.8) is 0 Å². The molecule has 1 N–H and O–H groups in total. The number of rotatable bonds is 7. The summed E-state index contributed by atoms with van der Waals surface area (Å²) in [6.45, 7) is 3.42. The van der Waals surface area contributed by atoms with E-state index in [1.165, 1.54) is 34.8 Å². The predicted molar refractivity (Wildman–Crippen MR) is 102 cm³/mol. The fraction of sp³-hybridized carbons (Fsp3) is 0.316. The van der Waals surface area contributed by atoms with Crippen LogP contribution in [0.2, 0.25) is 0 Å². The number of hydrogen-bond acceptors (Lipinski definition) is 6. The number of nitrogens with zero attached hydrogens (tertiary/aromatic N) is 2. The second kappa shape index (κ2) is 7.73. The highest BCUT2D eigenvalue weighted by Gasteiger charge is 2.24. The van der Waals surface area contributed by atoms with E-state index >= 15 is 0 Å². The van der Waals surface area contributed by atoms with Crippen LogP contribution in [-0.2, 0) is 12.8 Å². The van der Waals surface area contributed by atoms with Crippen LogP contribution >= 0.6 is 22.7 Å². The Hall–Kier alpha value is -1.96. The van der Waals surface area contributed by atoms with E-state index in [-0.39, 0.29) is 18.0 Å². The Balaban J connectivity index is 1.81. The summed E-state index contributed by atoms with van der Waals surface area (Å²) in [6, 6.07) is 6.15. The highest BCUT2D eigenvalue weighted by molar-refractivity contribution is 7.20. The largest absolute Gasteiger partial charge is 0.390 e. The first-order valence-corrected chi connectivity index (χ1v) is 9.91. The van der Waals surface area contributed by atoms with Crippen molar-refractivity contribution in [2.24, 2.45) is 0 Å². The molecule has 0 aliphatic heterocycles. The standard InChI is InChI=1S/C19H19FN2O2S2/c1-19(2,24)11-15-16(22-18(26-15)17-21-9-10-25-17)14(23)8-5-12-3-6-13(20)7-4-12/h3-4,6-7,9-10,24H,5,8,11H2,1-2H3. The van der Waals surface area contributed by atoms with Crippen LogP contribution in [0.25, 0.3) is 10.0 Å². The summed E-state index contributed by atoms with van der Waals surface area (Å²) >= 11 is 2.87. The lowest BCUT2D eigenvalue weighted by Gasteiger charge is -2.16. The predicted octanol–water partition coefficient (Wildman–Crippen LogP) is 4.53. The second-order valence-corrected chi connectivity index (χ2v) is 8.65. The van der Waals surface area contributed by atoms with Gasteiger partial charge in [0.1, 0.15) is 11.5 Å². The fourth-order valence-corrected chi connectivity index (χ4v) is 4.51. The van der Waals surface area contributed by atoms with Gasteiger partial charge in [-0.15, -0.1) is 22.7 Å². The van der Waals surface area contributed by atoms with Crippen LogP contribution in [0.3, 0.4) is 0 Å². The number of aromatic nitrogens is 2. The molecule has 0 aliphatic carbocycles. The van der Waals surface area contributed by atoms with E-state index in [1.54, 1.807) is 32.2 Å². The van der Waals surface area contributed by atoms with Gasteiger partial charge in [0.15, 0.2) is 15.8 Å². The number of hydrogen-bond donors (Lipinski definition) is 1. The van der Waals surface area contributed by atoms with Gasteiger partial charge >= 0.3 is 0 Å². The molecule has 0 saturated heterocycles. The zero-order chi connectivity index (χ0) is 18.7. The number of carbonyl (C=O) groups excluding carboxylic acids is 1. The van der Waals surface area contributed by atoms with Gasteiger partial charge in [0.2, 0.25) is 0 Å². The van der Waals surface area contributed by atoms with Crippen LogP contribution < -0.4 is 0 Å². The SMILES string of the molecule is CC(C)(O)Cc1sc(-c2nccs2)nc1C(=O)CCc1ccc(F)cc1. The lowest BCUT2D eigenvalue weighted by molar-refractivity contribution is 0.0812. The van der Waals surface area contributed by atoms with E-state index in [4.69, 9.17) is 0 Å². The lowest BCUT2D eigenvalue weighted by atomic mass is 10.0. The topological polar surface area (TPSA) is 63.1 Å². The highest BCUT2D eigenvalue weighted by atomic mass is 32.1. The first-order chi connectivity index (χ1) is 12.3. The summed E-state index contributed by atoms with van der Waals surface area (Å²) in [5.41, 5.74) is 0.377. The third-order valence-electron chi connectivity index (χ3n) is 3.72. The monoisotopic (exact) mass is 390 g/mol. The van der Waals surface area contributed by atoms with Crippen molar-refractivity contribution in [2.75, 3.05) is 0 Å². The molecule has 0 radical (unpaired) electrons. The van der Waals surface area contributed by atoms with Crippen LogP contribution in [0, 0.1) is 5.82 Å². The average Bonchev–Trinajstić information content (AvgIpc) is 3.22. The molecule has 2 heterocycles. The highest BCUT2D eigenvalue weighted by Crippen LogP contribution is 2.32. The Morgan fingerprint density at radius 2 is 1.96 bits per heavy atom. The van der Waals surface area contributed by atoms with Crippen LogP contribution in [0.4, 0.5) is 4.39 Å². The number of thiazole rings is 2. The summed E-state index contributed by atoms with van der Waals surface area (Å²) in [7, 11) is 0. The number of halogens is 1. The van der Waals surface area contributed by atoms with Gasteiger partial charge in [-0.3, -0.25) is 4.79 Å². The van der Waals surface area contributed by atoms with Gasteiger partial charge in [-0.2, -0.15) is 0 Å². The van der Waals surface area contributed by atoms with Gasteiger partial charge in [0.25, 0.3) is 0 Å². The zero-order valence-electron chi connectivity index (χ0n) is 14.5. The maximum atomic E-state index is 13.0. The molecule has 0 atom stereocenters. The number of carbonyl (C=O) groups is 1. The molecule has 4 nitrogen and oxygen atoms in total. The number of ketones is 1. The molecule has 1 aromatic carbocycles. The van der Waals surface area contributed by atoms with Crippen LogP contribution in [0.5, 0.6) is 0 Å². The molecule has 3 aromatic rings. The van der Waals surface area contributed by atoms with Gasteiger partial charge in [-0.1, -0.05) is 12.1 Å². The normalized spacial score (nSPS) is 11.7. The number of Topliss-reactive ketones (excluding diaryl/α,β-unsaturated/α-hetero) is 1. The minimum absolute atomic E-state index is 0.0763. The summed E-state index contributed by atoms with van der Waals surface area (Å²) in [5.74, 6) is -0.368. The first kappa shape index (κ1) is 18.8. The summed E-state index contributed by atoms with van der Waals surface area (Å²) in [5, 5.41) is 13.5. The Bertz CT molecular complexity index is 881. The molecular formula is C19H19FN2O2S2. The minimum Gasteiger partial charge on any atom is -0.390 e. The molecule has 0 spiro atoms. The number of aryl methyl sites for hydroxylation is 1. The second-order valence-electron chi connectivity index (χ2n) is 6.67. The van der Waals surface area contributed by atoms with Crippen molar-refractivity contribution in [2.45, 2.75) is 38.7 Å². The number of benzene rings is 1. The Morgan fingerprint density at radius 1 is 1.23 bits per heavy atom.